The third-order valence-electron chi connectivity index (χ3n) is 7.69. The highest BCUT2D eigenvalue weighted by atomic mass is 16.4. The second-order valence-electron chi connectivity index (χ2n) is 10.8. The molecule has 0 bridgehead atoms. The van der Waals surface area contributed by atoms with Crippen LogP contribution in [0.25, 0.3) is 11.1 Å². The molecule has 5 rings (SSSR count). The van der Waals surface area contributed by atoms with Gasteiger partial charge in [0, 0.05) is 23.2 Å². The number of nitrogens with zero attached hydrogens (tertiary/aromatic N) is 1. The maximum absolute atomic E-state index is 12.2. The number of anilines is 1. The summed E-state index contributed by atoms with van der Waals surface area (Å²) in [5.41, 5.74) is 13.5. The molecule has 0 amide bonds. The number of amidine groups is 1. The van der Waals surface area contributed by atoms with Crippen LogP contribution < -0.4 is 11.1 Å². The number of carbonyl (C=O) groups is 1. The van der Waals surface area contributed by atoms with E-state index in [4.69, 9.17) is 11.1 Å². The molecule has 0 spiro atoms. The molecule has 0 saturated carbocycles. The Bertz CT molecular complexity index is 1550. The summed E-state index contributed by atoms with van der Waals surface area (Å²) in [5.74, 6) is -0.882. The number of hydrogen-bond donors (Lipinski definition) is 4. The third-order valence-corrected chi connectivity index (χ3v) is 7.69. The van der Waals surface area contributed by atoms with E-state index < -0.39 is 5.97 Å². The Morgan fingerprint density at radius 2 is 1.79 bits per heavy atom. The Morgan fingerprint density at radius 3 is 2.49 bits per heavy atom. The molecule has 1 heterocycles. The lowest BCUT2D eigenvalue weighted by atomic mass is 9.68. The first kappa shape index (κ1) is 26.2. The fourth-order valence-corrected chi connectivity index (χ4v) is 5.74. The SMILES string of the molecule is CN(C)Cc1ccc(-c2cccc(C3CC(C)(c4ccccc4)c4cc(C(=N)N)ccc4N3)c2)c(C(=O)O)c1. The summed E-state index contributed by atoms with van der Waals surface area (Å²) in [7, 11) is 3.94. The number of nitrogens with two attached hydrogens (primary N) is 1. The molecule has 0 aromatic heterocycles. The van der Waals surface area contributed by atoms with Gasteiger partial charge in [-0.1, -0.05) is 67.6 Å². The summed E-state index contributed by atoms with van der Waals surface area (Å²) in [6, 6.07) is 30.2. The molecule has 4 aromatic rings. The zero-order chi connectivity index (χ0) is 27.7. The van der Waals surface area contributed by atoms with E-state index in [0.29, 0.717) is 23.2 Å². The standard InChI is InChI=1S/C33H34N4O2/c1-33(25-10-5-4-6-11-25)19-30(36-29-15-13-24(31(34)35)18-28(29)33)23-9-7-8-22(17-23)26-14-12-21(20-37(2)3)16-27(26)32(38)39/h4-18,30,36H,19-20H2,1-3H3,(H3,34,35)(H,38,39). The van der Waals surface area contributed by atoms with E-state index in [1.807, 2.05) is 67.5 Å². The van der Waals surface area contributed by atoms with E-state index >= 15 is 0 Å². The monoisotopic (exact) mass is 518 g/mol. The quantitative estimate of drug-likeness (QED) is 0.171. The number of carboxylic acid groups (broad SMARTS) is 1. The molecule has 2 atom stereocenters. The second kappa shape index (κ2) is 10.4. The molecule has 4 aromatic carbocycles. The number of benzene rings is 4. The Labute approximate surface area is 229 Å². The van der Waals surface area contributed by atoms with Gasteiger partial charge in [0.2, 0.25) is 0 Å². The lowest BCUT2D eigenvalue weighted by molar-refractivity contribution is 0.0697. The molecule has 6 nitrogen and oxygen atoms in total. The van der Waals surface area contributed by atoms with Gasteiger partial charge in [0.15, 0.2) is 0 Å². The highest BCUT2D eigenvalue weighted by Crippen LogP contribution is 2.48. The number of rotatable bonds is 7. The van der Waals surface area contributed by atoms with Gasteiger partial charge in [-0.3, -0.25) is 5.41 Å². The summed E-state index contributed by atoms with van der Waals surface area (Å²) in [4.78, 5) is 14.2. The van der Waals surface area contributed by atoms with Crippen molar-refractivity contribution in [2.75, 3.05) is 19.4 Å². The fourth-order valence-electron chi connectivity index (χ4n) is 5.74. The van der Waals surface area contributed by atoms with Gasteiger partial charge in [0.05, 0.1) is 11.6 Å². The normalized spacial score (nSPS) is 18.3. The van der Waals surface area contributed by atoms with Crippen LogP contribution in [0.1, 0.15) is 57.6 Å². The van der Waals surface area contributed by atoms with Gasteiger partial charge in [-0.25, -0.2) is 4.79 Å². The topological polar surface area (TPSA) is 102 Å². The number of nitrogen functional groups attached to an aromatic ring is 1. The van der Waals surface area contributed by atoms with E-state index in [2.05, 4.69) is 48.6 Å². The summed E-state index contributed by atoms with van der Waals surface area (Å²) in [6.07, 6.45) is 0.780. The van der Waals surface area contributed by atoms with Crippen molar-refractivity contribution in [1.29, 1.82) is 5.41 Å². The van der Waals surface area contributed by atoms with Crippen LogP contribution in [0.5, 0.6) is 0 Å². The molecule has 6 heteroatoms. The van der Waals surface area contributed by atoms with E-state index in [-0.39, 0.29) is 17.3 Å². The van der Waals surface area contributed by atoms with Crippen LogP contribution >= 0.6 is 0 Å². The molecule has 5 N–H and O–H groups in total. The van der Waals surface area contributed by atoms with E-state index in [9.17, 15) is 9.90 Å². The Balaban J connectivity index is 1.57. The summed E-state index contributed by atoms with van der Waals surface area (Å²) < 4.78 is 0. The lowest BCUT2D eigenvalue weighted by Crippen LogP contribution is -2.35. The van der Waals surface area contributed by atoms with E-state index in [1.54, 1.807) is 6.07 Å². The van der Waals surface area contributed by atoms with Crippen molar-refractivity contribution in [3.05, 3.63) is 124 Å². The first-order chi connectivity index (χ1) is 18.7. The third kappa shape index (κ3) is 5.16. The zero-order valence-corrected chi connectivity index (χ0v) is 22.5. The van der Waals surface area contributed by atoms with Gasteiger partial charge in [-0.2, -0.15) is 0 Å². The van der Waals surface area contributed by atoms with Gasteiger partial charge in [-0.15, -0.1) is 0 Å². The fraction of sp³-hybridized carbons (Fsp3) is 0.212. The average Bonchev–Trinajstić information content (AvgIpc) is 2.93. The van der Waals surface area contributed by atoms with Crippen LogP contribution in [-0.4, -0.2) is 35.9 Å². The van der Waals surface area contributed by atoms with Crippen LogP contribution in [0.2, 0.25) is 0 Å². The molecule has 0 radical (unpaired) electrons. The minimum atomic E-state index is -0.932. The molecule has 1 aliphatic rings. The first-order valence-electron chi connectivity index (χ1n) is 13.1. The van der Waals surface area contributed by atoms with Crippen molar-refractivity contribution >= 4 is 17.5 Å². The predicted octanol–water partition coefficient (Wildman–Crippen LogP) is 6.26. The molecular weight excluding hydrogens is 484 g/mol. The van der Waals surface area contributed by atoms with Gasteiger partial charge >= 0.3 is 5.97 Å². The second-order valence-corrected chi connectivity index (χ2v) is 10.8. The van der Waals surface area contributed by atoms with Gasteiger partial charge < -0.3 is 21.1 Å². The molecule has 1 aliphatic heterocycles. The maximum Gasteiger partial charge on any atom is 0.336 e. The Kier molecular flexibility index (Phi) is 6.98. The van der Waals surface area contributed by atoms with Crippen LogP contribution in [0.15, 0.2) is 91.0 Å². The molecule has 0 fully saturated rings. The maximum atomic E-state index is 12.2. The number of hydrogen-bond acceptors (Lipinski definition) is 4. The van der Waals surface area contributed by atoms with Gasteiger partial charge in [0.1, 0.15) is 5.84 Å². The number of aromatic carboxylic acids is 1. The first-order valence-corrected chi connectivity index (χ1v) is 13.1. The van der Waals surface area contributed by atoms with Crippen molar-refractivity contribution in [3.8, 4) is 11.1 Å². The van der Waals surface area contributed by atoms with Crippen LogP contribution in [0, 0.1) is 5.41 Å². The summed E-state index contributed by atoms with van der Waals surface area (Å²) in [6.45, 7) is 2.92. The smallest absolute Gasteiger partial charge is 0.336 e. The zero-order valence-electron chi connectivity index (χ0n) is 22.5. The van der Waals surface area contributed by atoms with Crippen LogP contribution in [0.4, 0.5) is 5.69 Å². The van der Waals surface area contributed by atoms with E-state index in [1.165, 1.54) is 5.56 Å². The lowest BCUT2D eigenvalue weighted by Gasteiger charge is -2.42. The molecule has 39 heavy (non-hydrogen) atoms. The number of carboxylic acids is 1. The average molecular weight is 519 g/mol. The van der Waals surface area contributed by atoms with Crippen molar-refractivity contribution in [2.45, 2.75) is 31.3 Å². The minimum absolute atomic E-state index is 0.00729. The summed E-state index contributed by atoms with van der Waals surface area (Å²) >= 11 is 0. The van der Waals surface area contributed by atoms with Crippen molar-refractivity contribution in [3.63, 3.8) is 0 Å². The van der Waals surface area contributed by atoms with Gasteiger partial charge in [-0.05, 0) is 84.2 Å². The van der Waals surface area contributed by atoms with Crippen LogP contribution in [0.3, 0.4) is 0 Å². The van der Waals surface area contributed by atoms with Crippen molar-refractivity contribution in [2.24, 2.45) is 5.73 Å². The van der Waals surface area contributed by atoms with E-state index in [0.717, 1.165) is 34.4 Å². The minimum Gasteiger partial charge on any atom is -0.478 e. The summed E-state index contributed by atoms with van der Waals surface area (Å²) in [5, 5.41) is 21.7. The molecular formula is C33H34N4O2. The van der Waals surface area contributed by atoms with Crippen LogP contribution in [-0.2, 0) is 12.0 Å². The molecule has 198 valence electrons. The molecule has 0 saturated heterocycles. The largest absolute Gasteiger partial charge is 0.478 e. The Morgan fingerprint density at radius 1 is 1.03 bits per heavy atom. The highest BCUT2D eigenvalue weighted by Gasteiger charge is 2.39. The van der Waals surface area contributed by atoms with Crippen molar-refractivity contribution in [1.82, 2.24) is 4.90 Å². The molecule has 2 unspecified atom stereocenters. The van der Waals surface area contributed by atoms with Gasteiger partial charge in [0.25, 0.3) is 0 Å². The predicted molar refractivity (Wildman–Crippen MR) is 158 cm³/mol. The Hall–Kier alpha value is -4.42. The van der Waals surface area contributed by atoms with Crippen molar-refractivity contribution < 1.29 is 9.90 Å². The molecule has 0 aliphatic carbocycles. The highest BCUT2D eigenvalue weighted by molar-refractivity contribution is 5.97. The number of fused-ring (bicyclic) bond motifs is 1. The number of nitrogens with one attached hydrogen (secondary N) is 2.